The molecule has 3 heteroatoms. The smallest absolute Gasteiger partial charge is 0.300 e. The summed E-state index contributed by atoms with van der Waals surface area (Å²) in [6.07, 6.45) is 0. The van der Waals surface area contributed by atoms with Gasteiger partial charge in [-0.3, -0.25) is 4.79 Å². The molecule has 0 aromatic heterocycles. The van der Waals surface area contributed by atoms with E-state index in [9.17, 15) is 4.79 Å². The van der Waals surface area contributed by atoms with E-state index in [2.05, 4.69) is 6.58 Å². The number of carboxylic acids is 1. The van der Waals surface area contributed by atoms with E-state index < -0.39 is 14.0 Å². The van der Waals surface area contributed by atoms with Crippen molar-refractivity contribution >= 4 is 14.0 Å². The van der Waals surface area contributed by atoms with Crippen LogP contribution in [-0.4, -0.2) is 19.1 Å². The van der Waals surface area contributed by atoms with Crippen LogP contribution in [0.5, 0.6) is 0 Å². The summed E-state index contributed by atoms with van der Waals surface area (Å²) in [5, 5.41) is 8.37. The minimum atomic E-state index is -1.58. The molecule has 0 heterocycles. The molecule has 0 aliphatic rings. The molecule has 2 nitrogen and oxygen atoms in total. The molecule has 0 spiro atoms. The standard InChI is InChI=1S/C6H12O2Si/c1-4-9(2,3)5-6(7)8/h4H,1,5H2,2-3H3,(H,7,8). The molecule has 0 saturated carbocycles. The largest absolute Gasteiger partial charge is 0.481 e. The van der Waals surface area contributed by atoms with Gasteiger partial charge in [0.25, 0.3) is 0 Å². The van der Waals surface area contributed by atoms with Gasteiger partial charge in [0.15, 0.2) is 0 Å². The van der Waals surface area contributed by atoms with Crippen molar-refractivity contribution in [2.75, 3.05) is 0 Å². The summed E-state index contributed by atoms with van der Waals surface area (Å²) in [7, 11) is -1.58. The molecular formula is C6H12O2Si. The second kappa shape index (κ2) is 2.82. The van der Waals surface area contributed by atoms with E-state index in [1.807, 2.05) is 13.1 Å². The Kier molecular flexibility index (Phi) is 2.64. The molecule has 0 aromatic carbocycles. The maximum atomic E-state index is 10.2. The molecule has 0 aliphatic carbocycles. The van der Waals surface area contributed by atoms with Crippen LogP contribution in [0.2, 0.25) is 19.1 Å². The first-order chi connectivity index (χ1) is 3.98. The van der Waals surface area contributed by atoms with E-state index in [1.165, 1.54) is 0 Å². The van der Waals surface area contributed by atoms with Gasteiger partial charge in [0.1, 0.15) is 0 Å². The molecule has 0 saturated heterocycles. The van der Waals surface area contributed by atoms with E-state index in [1.54, 1.807) is 5.70 Å². The number of aliphatic carboxylic acids is 1. The minimum absolute atomic E-state index is 0.288. The monoisotopic (exact) mass is 144 g/mol. The molecular weight excluding hydrogens is 132 g/mol. The quantitative estimate of drug-likeness (QED) is 0.609. The van der Waals surface area contributed by atoms with Crippen molar-refractivity contribution in [3.05, 3.63) is 12.3 Å². The van der Waals surface area contributed by atoms with Crippen LogP contribution in [0.15, 0.2) is 12.3 Å². The van der Waals surface area contributed by atoms with Gasteiger partial charge < -0.3 is 5.11 Å². The normalized spacial score (nSPS) is 10.9. The van der Waals surface area contributed by atoms with E-state index in [0.29, 0.717) is 0 Å². The Hall–Kier alpha value is -0.573. The zero-order valence-electron chi connectivity index (χ0n) is 5.85. The molecule has 0 bridgehead atoms. The Labute approximate surface area is 56.2 Å². The van der Waals surface area contributed by atoms with Crippen LogP contribution in [0.3, 0.4) is 0 Å². The first-order valence-electron chi connectivity index (χ1n) is 2.83. The van der Waals surface area contributed by atoms with Gasteiger partial charge in [0.05, 0.1) is 8.07 Å². The molecule has 1 N–H and O–H groups in total. The number of carboxylic acid groups (broad SMARTS) is 1. The van der Waals surface area contributed by atoms with Gasteiger partial charge >= 0.3 is 5.97 Å². The van der Waals surface area contributed by atoms with E-state index in [-0.39, 0.29) is 6.04 Å². The third-order valence-corrected chi connectivity index (χ3v) is 3.48. The fraction of sp³-hybridized carbons (Fsp3) is 0.500. The first kappa shape index (κ1) is 8.43. The van der Waals surface area contributed by atoms with Crippen molar-refractivity contribution in [3.8, 4) is 0 Å². The van der Waals surface area contributed by atoms with Crippen LogP contribution >= 0.6 is 0 Å². The lowest BCUT2D eigenvalue weighted by atomic mass is 10.8. The lowest BCUT2D eigenvalue weighted by Crippen LogP contribution is -2.25. The van der Waals surface area contributed by atoms with Crippen LogP contribution in [-0.2, 0) is 4.79 Å². The van der Waals surface area contributed by atoms with E-state index >= 15 is 0 Å². The Balaban J connectivity index is 3.86. The van der Waals surface area contributed by atoms with Gasteiger partial charge in [0, 0.05) is 6.04 Å². The van der Waals surface area contributed by atoms with Crippen molar-refractivity contribution in [2.45, 2.75) is 19.1 Å². The van der Waals surface area contributed by atoms with Crippen molar-refractivity contribution in [3.63, 3.8) is 0 Å². The molecule has 0 unspecified atom stereocenters. The Bertz CT molecular complexity index is 129. The highest BCUT2D eigenvalue weighted by molar-refractivity contribution is 6.84. The molecule has 0 fully saturated rings. The van der Waals surface area contributed by atoms with Crippen molar-refractivity contribution in [1.29, 1.82) is 0 Å². The van der Waals surface area contributed by atoms with Crippen LogP contribution in [0, 0.1) is 0 Å². The molecule has 0 aliphatic heterocycles. The number of hydrogen-bond donors (Lipinski definition) is 1. The number of hydrogen-bond acceptors (Lipinski definition) is 1. The second-order valence-electron chi connectivity index (χ2n) is 2.76. The Morgan fingerprint density at radius 1 is 1.78 bits per heavy atom. The van der Waals surface area contributed by atoms with Gasteiger partial charge in [-0.15, -0.1) is 12.3 Å². The highest BCUT2D eigenvalue weighted by Crippen LogP contribution is 2.08. The second-order valence-corrected chi connectivity index (χ2v) is 7.50. The molecule has 0 radical (unpaired) electrons. The lowest BCUT2D eigenvalue weighted by molar-refractivity contribution is -0.134. The van der Waals surface area contributed by atoms with E-state index in [4.69, 9.17) is 5.11 Å². The summed E-state index contributed by atoms with van der Waals surface area (Å²) >= 11 is 0. The van der Waals surface area contributed by atoms with Crippen molar-refractivity contribution in [1.82, 2.24) is 0 Å². The van der Waals surface area contributed by atoms with Gasteiger partial charge in [-0.1, -0.05) is 13.1 Å². The van der Waals surface area contributed by atoms with Crippen molar-refractivity contribution < 1.29 is 9.90 Å². The zero-order valence-corrected chi connectivity index (χ0v) is 6.85. The SMILES string of the molecule is C=C[Si](C)(C)CC(=O)O. The van der Waals surface area contributed by atoms with Gasteiger partial charge in [-0.2, -0.15) is 0 Å². The third-order valence-electron chi connectivity index (χ3n) is 1.16. The van der Waals surface area contributed by atoms with Crippen LogP contribution in [0.1, 0.15) is 0 Å². The summed E-state index contributed by atoms with van der Waals surface area (Å²) in [5.74, 6) is -0.716. The predicted molar refractivity (Wildman–Crippen MR) is 40.1 cm³/mol. The highest BCUT2D eigenvalue weighted by atomic mass is 28.3. The molecule has 0 amide bonds. The van der Waals surface area contributed by atoms with Crippen LogP contribution in [0.25, 0.3) is 0 Å². The lowest BCUT2D eigenvalue weighted by Gasteiger charge is -2.12. The van der Waals surface area contributed by atoms with Gasteiger partial charge in [0.2, 0.25) is 0 Å². The third kappa shape index (κ3) is 3.97. The summed E-state index contributed by atoms with van der Waals surface area (Å²) in [5.41, 5.74) is 1.79. The summed E-state index contributed by atoms with van der Waals surface area (Å²) in [6.45, 7) is 7.54. The summed E-state index contributed by atoms with van der Waals surface area (Å²) < 4.78 is 0. The molecule has 0 rings (SSSR count). The number of rotatable bonds is 3. The maximum absolute atomic E-state index is 10.2. The summed E-state index contributed by atoms with van der Waals surface area (Å²) in [4.78, 5) is 10.2. The Morgan fingerprint density at radius 3 is 2.33 bits per heavy atom. The van der Waals surface area contributed by atoms with Gasteiger partial charge in [-0.25, -0.2) is 0 Å². The van der Waals surface area contributed by atoms with E-state index in [0.717, 1.165) is 0 Å². The molecule has 0 aromatic rings. The van der Waals surface area contributed by atoms with Crippen molar-refractivity contribution in [2.24, 2.45) is 0 Å². The average molecular weight is 144 g/mol. The number of carbonyl (C=O) groups is 1. The fourth-order valence-corrected chi connectivity index (χ4v) is 1.39. The molecule has 52 valence electrons. The fourth-order valence-electron chi connectivity index (χ4n) is 0.462. The zero-order chi connectivity index (χ0) is 7.49. The molecule has 0 atom stereocenters. The average Bonchev–Trinajstić information content (AvgIpc) is 1.63. The molecule has 9 heavy (non-hydrogen) atoms. The Morgan fingerprint density at radius 2 is 2.22 bits per heavy atom. The van der Waals surface area contributed by atoms with Gasteiger partial charge in [-0.05, 0) is 0 Å². The van der Waals surface area contributed by atoms with Crippen LogP contribution in [0.4, 0.5) is 0 Å². The predicted octanol–water partition coefficient (Wildman–Crippen LogP) is 1.50. The topological polar surface area (TPSA) is 37.3 Å². The summed E-state index contributed by atoms with van der Waals surface area (Å²) in [6, 6.07) is 0.288. The minimum Gasteiger partial charge on any atom is -0.481 e. The highest BCUT2D eigenvalue weighted by Gasteiger charge is 2.19. The first-order valence-corrected chi connectivity index (χ1v) is 6.12. The van der Waals surface area contributed by atoms with Crippen LogP contribution < -0.4 is 0 Å². The maximum Gasteiger partial charge on any atom is 0.300 e.